The van der Waals surface area contributed by atoms with Crippen molar-refractivity contribution in [3.05, 3.63) is 12.7 Å². The Labute approximate surface area is 112 Å². The second-order valence-electron chi connectivity index (χ2n) is 6.75. The first-order valence-electron chi connectivity index (χ1n) is 6.69. The van der Waals surface area contributed by atoms with Gasteiger partial charge in [0.2, 0.25) is 5.91 Å². The Kier molecular flexibility index (Phi) is 4.44. The molecule has 0 radical (unpaired) electrons. The predicted molar refractivity (Wildman–Crippen MR) is 78.0 cm³/mol. The summed E-state index contributed by atoms with van der Waals surface area (Å²) in [7, 11) is -1.80. The summed E-state index contributed by atoms with van der Waals surface area (Å²) in [6, 6.07) is 0.203. The van der Waals surface area contributed by atoms with Gasteiger partial charge in [0.15, 0.2) is 8.32 Å². The summed E-state index contributed by atoms with van der Waals surface area (Å²) in [6.07, 6.45) is 2.67. The van der Waals surface area contributed by atoms with Crippen molar-refractivity contribution in [2.45, 2.75) is 64.4 Å². The van der Waals surface area contributed by atoms with Gasteiger partial charge in [-0.2, -0.15) is 0 Å². The van der Waals surface area contributed by atoms with Gasteiger partial charge >= 0.3 is 0 Å². The van der Waals surface area contributed by atoms with E-state index in [0.29, 0.717) is 0 Å². The van der Waals surface area contributed by atoms with Crippen LogP contribution in [0.25, 0.3) is 0 Å². The van der Waals surface area contributed by atoms with E-state index in [-0.39, 0.29) is 29.0 Å². The highest BCUT2D eigenvalue weighted by molar-refractivity contribution is 6.74. The second-order valence-corrected chi connectivity index (χ2v) is 11.5. The zero-order valence-corrected chi connectivity index (χ0v) is 13.5. The van der Waals surface area contributed by atoms with Gasteiger partial charge in [0.25, 0.3) is 0 Å². The molecule has 1 N–H and O–H groups in total. The summed E-state index contributed by atoms with van der Waals surface area (Å²) in [4.78, 5) is 11.7. The Bertz CT molecular complexity index is 331. The van der Waals surface area contributed by atoms with Gasteiger partial charge < -0.3 is 9.74 Å². The van der Waals surface area contributed by atoms with Crippen LogP contribution in [0.2, 0.25) is 18.1 Å². The molecule has 0 unspecified atom stereocenters. The Morgan fingerprint density at radius 2 is 2.06 bits per heavy atom. The summed E-state index contributed by atoms with van der Waals surface area (Å²) in [5, 5.41) is 3.10. The van der Waals surface area contributed by atoms with Gasteiger partial charge in [0.1, 0.15) is 0 Å². The smallest absolute Gasteiger partial charge is 0.228 e. The first-order valence-corrected chi connectivity index (χ1v) is 9.60. The molecule has 0 saturated carbocycles. The normalized spacial score (nSPS) is 26.2. The van der Waals surface area contributed by atoms with E-state index in [1.165, 1.54) is 0 Å². The van der Waals surface area contributed by atoms with Crippen molar-refractivity contribution in [2.75, 3.05) is 0 Å². The molecule has 0 aromatic rings. The first-order chi connectivity index (χ1) is 8.10. The maximum Gasteiger partial charge on any atom is 0.228 e. The molecule has 1 fully saturated rings. The van der Waals surface area contributed by atoms with Crippen LogP contribution < -0.4 is 5.32 Å². The molecule has 1 rings (SSSR count). The van der Waals surface area contributed by atoms with Crippen molar-refractivity contribution >= 4 is 14.2 Å². The minimum atomic E-state index is -1.80. The van der Waals surface area contributed by atoms with E-state index in [9.17, 15) is 4.79 Å². The average molecular weight is 269 g/mol. The molecule has 4 heteroatoms. The second kappa shape index (κ2) is 5.17. The van der Waals surface area contributed by atoms with E-state index in [0.717, 1.165) is 6.42 Å². The Morgan fingerprint density at radius 3 is 2.44 bits per heavy atom. The van der Waals surface area contributed by atoms with E-state index < -0.39 is 8.32 Å². The van der Waals surface area contributed by atoms with Crippen LogP contribution in [0.15, 0.2) is 12.7 Å². The van der Waals surface area contributed by atoms with Crippen LogP contribution in [0.4, 0.5) is 0 Å². The third kappa shape index (κ3) is 3.04. The predicted octanol–water partition coefficient (Wildman–Crippen LogP) is 3.09. The first kappa shape index (κ1) is 15.4. The zero-order chi connectivity index (χ0) is 14.1. The number of nitrogens with one attached hydrogen (secondary N) is 1. The maximum atomic E-state index is 11.7. The molecule has 1 aliphatic heterocycles. The van der Waals surface area contributed by atoms with Gasteiger partial charge in [-0.1, -0.05) is 26.8 Å². The molecular formula is C14H27NO2Si. The molecule has 104 valence electrons. The summed E-state index contributed by atoms with van der Waals surface area (Å²) in [6.45, 7) is 16.9. The lowest BCUT2D eigenvalue weighted by atomic mass is 9.84. The minimum Gasteiger partial charge on any atom is -0.413 e. The fraction of sp³-hybridized carbons (Fsp3) is 0.786. The molecule has 0 bridgehead atoms. The number of hydrogen-bond donors (Lipinski definition) is 1. The molecule has 0 spiro atoms. The lowest BCUT2D eigenvalue weighted by Crippen LogP contribution is -2.63. The molecule has 1 saturated heterocycles. The number of carbonyl (C=O) groups is 1. The summed E-state index contributed by atoms with van der Waals surface area (Å²) in [5.74, 6) is 0.102. The van der Waals surface area contributed by atoms with E-state index >= 15 is 0 Å². The molecule has 1 aliphatic rings. The van der Waals surface area contributed by atoms with Crippen LogP contribution in [0, 0.1) is 5.92 Å². The number of amides is 1. The van der Waals surface area contributed by atoms with Crippen molar-refractivity contribution in [1.82, 2.24) is 5.32 Å². The molecule has 0 aromatic carbocycles. The number of β-lactam (4-membered cyclic amide) rings is 1. The third-order valence-electron chi connectivity index (χ3n) is 4.28. The van der Waals surface area contributed by atoms with Crippen LogP contribution in [0.1, 0.15) is 34.1 Å². The van der Waals surface area contributed by atoms with Gasteiger partial charge in [-0.15, -0.1) is 6.58 Å². The molecule has 0 aromatic heterocycles. The summed E-state index contributed by atoms with van der Waals surface area (Å²) >= 11 is 0. The SMILES string of the molecule is C=CC[C@H]1NC(=O)[C@@H]1[C@H](C)O[Si](C)(C)C(C)(C)C. The highest BCUT2D eigenvalue weighted by Crippen LogP contribution is 2.39. The summed E-state index contributed by atoms with van der Waals surface area (Å²) < 4.78 is 6.30. The van der Waals surface area contributed by atoms with Crippen molar-refractivity contribution in [3.8, 4) is 0 Å². The van der Waals surface area contributed by atoms with E-state index in [1.807, 2.05) is 13.0 Å². The zero-order valence-electron chi connectivity index (χ0n) is 12.5. The Morgan fingerprint density at radius 1 is 1.50 bits per heavy atom. The van der Waals surface area contributed by atoms with Crippen molar-refractivity contribution in [2.24, 2.45) is 5.92 Å². The van der Waals surface area contributed by atoms with Gasteiger partial charge in [-0.25, -0.2) is 0 Å². The maximum absolute atomic E-state index is 11.7. The van der Waals surface area contributed by atoms with Gasteiger partial charge in [0.05, 0.1) is 12.0 Å². The monoisotopic (exact) mass is 269 g/mol. The van der Waals surface area contributed by atoms with Crippen molar-refractivity contribution in [1.29, 1.82) is 0 Å². The van der Waals surface area contributed by atoms with E-state index in [1.54, 1.807) is 0 Å². The largest absolute Gasteiger partial charge is 0.413 e. The molecule has 18 heavy (non-hydrogen) atoms. The molecule has 1 amide bonds. The average Bonchev–Trinajstić information content (AvgIpc) is 2.13. The van der Waals surface area contributed by atoms with E-state index in [2.05, 4.69) is 45.8 Å². The lowest BCUT2D eigenvalue weighted by molar-refractivity contribution is -0.139. The molecular weight excluding hydrogens is 242 g/mol. The number of rotatable bonds is 5. The molecule has 3 nitrogen and oxygen atoms in total. The quantitative estimate of drug-likeness (QED) is 0.473. The Balaban J connectivity index is 2.68. The topological polar surface area (TPSA) is 38.3 Å². The van der Waals surface area contributed by atoms with Gasteiger partial charge in [-0.3, -0.25) is 4.79 Å². The Hall–Kier alpha value is -0.613. The molecule has 0 aliphatic carbocycles. The number of carbonyl (C=O) groups excluding carboxylic acids is 1. The third-order valence-corrected chi connectivity index (χ3v) is 8.85. The fourth-order valence-electron chi connectivity index (χ4n) is 2.10. The van der Waals surface area contributed by atoms with Crippen LogP contribution in [-0.4, -0.2) is 26.4 Å². The van der Waals surface area contributed by atoms with Gasteiger partial charge in [-0.05, 0) is 31.5 Å². The minimum absolute atomic E-state index is 0.00964. The standard InChI is InChI=1S/C14H27NO2Si/c1-8-9-11-12(13(16)15-11)10(2)17-18(6,7)14(3,4)5/h8,10-12H,1,9H2,2-7H3,(H,15,16)/t10-,11+,12+/m0/s1. The molecule has 3 atom stereocenters. The van der Waals surface area contributed by atoms with Crippen LogP contribution in [0.3, 0.4) is 0 Å². The van der Waals surface area contributed by atoms with Crippen LogP contribution >= 0.6 is 0 Å². The van der Waals surface area contributed by atoms with Crippen LogP contribution in [0.5, 0.6) is 0 Å². The van der Waals surface area contributed by atoms with E-state index in [4.69, 9.17) is 4.43 Å². The van der Waals surface area contributed by atoms with Crippen molar-refractivity contribution < 1.29 is 9.22 Å². The highest BCUT2D eigenvalue weighted by Gasteiger charge is 2.46. The van der Waals surface area contributed by atoms with Crippen LogP contribution in [-0.2, 0) is 9.22 Å². The number of hydrogen-bond acceptors (Lipinski definition) is 2. The van der Waals surface area contributed by atoms with Crippen molar-refractivity contribution in [3.63, 3.8) is 0 Å². The highest BCUT2D eigenvalue weighted by atomic mass is 28.4. The molecule has 1 heterocycles. The summed E-state index contributed by atoms with van der Waals surface area (Å²) in [5.41, 5.74) is 0. The fourth-order valence-corrected chi connectivity index (χ4v) is 3.53. The van der Waals surface area contributed by atoms with Gasteiger partial charge in [0, 0.05) is 6.04 Å². The lowest BCUT2D eigenvalue weighted by Gasteiger charge is -2.45.